The summed E-state index contributed by atoms with van der Waals surface area (Å²) in [6.45, 7) is 9.17. The zero-order valence-electron chi connectivity index (χ0n) is 17.6. The van der Waals surface area contributed by atoms with Crippen molar-refractivity contribution in [3.63, 3.8) is 0 Å². The summed E-state index contributed by atoms with van der Waals surface area (Å²) in [4.78, 5) is 11.8. The minimum Gasteiger partial charge on any atom is -0.474 e. The van der Waals surface area contributed by atoms with E-state index in [1.807, 2.05) is 6.26 Å². The molecule has 0 aliphatic heterocycles. The molecule has 1 rings (SSSR count). The van der Waals surface area contributed by atoms with Crippen LogP contribution in [0.25, 0.3) is 0 Å². The van der Waals surface area contributed by atoms with E-state index in [1.54, 1.807) is 6.08 Å². The molecule has 0 radical (unpaired) electrons. The van der Waals surface area contributed by atoms with Crippen LogP contribution in [0.15, 0.2) is 28.9 Å². The summed E-state index contributed by atoms with van der Waals surface area (Å²) in [6, 6.07) is 2.24. The summed E-state index contributed by atoms with van der Waals surface area (Å²) in [5.41, 5.74) is 1.32. The van der Waals surface area contributed by atoms with Gasteiger partial charge in [-0.3, -0.25) is 4.79 Å². The van der Waals surface area contributed by atoms with Gasteiger partial charge in [0.25, 0.3) is 0 Å². The fraction of sp³-hybridized carbons (Fsp3) is 0.696. The third kappa shape index (κ3) is 10.8. The van der Waals surface area contributed by atoms with E-state index >= 15 is 0 Å². The first kappa shape index (κ1) is 22.9. The molecule has 0 aliphatic carbocycles. The van der Waals surface area contributed by atoms with Gasteiger partial charge in [-0.1, -0.05) is 71.2 Å². The number of hydrogen-bond donors (Lipinski definition) is 0. The minimum absolute atomic E-state index is 0.299. The van der Waals surface area contributed by atoms with E-state index in [9.17, 15) is 4.79 Å². The van der Waals surface area contributed by atoms with Gasteiger partial charge in [-0.2, -0.15) is 0 Å². The van der Waals surface area contributed by atoms with Crippen LogP contribution in [0, 0.1) is 0 Å². The number of furan rings is 1. The average molecular weight is 377 g/mol. The largest absolute Gasteiger partial charge is 0.474 e. The second-order valence-corrected chi connectivity index (χ2v) is 13.5. The summed E-state index contributed by atoms with van der Waals surface area (Å²) in [6.07, 6.45) is 19.7. The molecule has 0 aromatic carbocycles. The highest BCUT2D eigenvalue weighted by atomic mass is 28.3. The highest BCUT2D eigenvalue weighted by Crippen LogP contribution is 2.11. The molecule has 0 N–H and O–H groups in total. The van der Waals surface area contributed by atoms with Crippen LogP contribution < -0.4 is 5.38 Å². The molecular weight excluding hydrogens is 336 g/mol. The highest BCUT2D eigenvalue weighted by Gasteiger charge is 2.20. The van der Waals surface area contributed by atoms with Crippen LogP contribution >= 0.6 is 0 Å². The molecule has 26 heavy (non-hydrogen) atoms. The van der Waals surface area contributed by atoms with Crippen molar-refractivity contribution in [1.82, 2.24) is 0 Å². The van der Waals surface area contributed by atoms with Crippen molar-refractivity contribution < 1.29 is 9.21 Å². The highest BCUT2D eigenvalue weighted by molar-refractivity contribution is 6.87. The second-order valence-electron chi connectivity index (χ2n) is 8.55. The molecule has 0 bridgehead atoms. The molecule has 0 saturated carbocycles. The Bertz CT molecular complexity index is 523. The van der Waals surface area contributed by atoms with Crippen molar-refractivity contribution in [2.75, 3.05) is 0 Å². The zero-order chi connectivity index (χ0) is 19.3. The van der Waals surface area contributed by atoms with E-state index < -0.39 is 8.07 Å². The number of unbranched alkanes of at least 4 members (excludes halogenated alkanes) is 8. The van der Waals surface area contributed by atoms with E-state index in [2.05, 4.69) is 38.7 Å². The van der Waals surface area contributed by atoms with E-state index in [1.165, 1.54) is 49.5 Å². The molecule has 148 valence electrons. The van der Waals surface area contributed by atoms with E-state index in [-0.39, 0.29) is 0 Å². The quantitative estimate of drug-likeness (QED) is 0.191. The zero-order valence-corrected chi connectivity index (χ0v) is 18.6. The van der Waals surface area contributed by atoms with E-state index in [0.717, 1.165) is 38.5 Å². The fourth-order valence-corrected chi connectivity index (χ4v) is 4.08. The number of carbonyl (C=O) groups excluding carboxylic acids is 1. The van der Waals surface area contributed by atoms with Crippen molar-refractivity contribution in [3.05, 3.63) is 30.0 Å². The maximum atomic E-state index is 11.8. The summed E-state index contributed by atoms with van der Waals surface area (Å²) in [5, 5.41) is 1.20. The number of hydrogen-bond acceptors (Lipinski definition) is 2. The Morgan fingerprint density at radius 2 is 1.69 bits per heavy atom. The molecule has 0 atom stereocenters. The van der Waals surface area contributed by atoms with Crippen LogP contribution in [-0.2, 0) is 11.2 Å². The van der Waals surface area contributed by atoms with Gasteiger partial charge in [0.05, 0.1) is 11.6 Å². The minimum atomic E-state index is -1.32. The topological polar surface area (TPSA) is 30.2 Å². The lowest BCUT2D eigenvalue weighted by Crippen LogP contribution is -2.36. The van der Waals surface area contributed by atoms with E-state index in [0.29, 0.717) is 5.78 Å². The Morgan fingerprint density at radius 1 is 1.00 bits per heavy atom. The Hall–Kier alpha value is -1.09. The number of rotatable bonds is 15. The SMILES string of the molecule is CCCCCCCCCC(=O)C=CCCCCc1coc([Si](C)(C)C)c1. The third-order valence-corrected chi connectivity index (χ3v) is 6.55. The predicted molar refractivity (Wildman–Crippen MR) is 116 cm³/mol. The summed E-state index contributed by atoms with van der Waals surface area (Å²) >= 11 is 0. The second kappa shape index (κ2) is 13.1. The number of carbonyl (C=O) groups is 1. The lowest BCUT2D eigenvalue weighted by molar-refractivity contribution is -0.114. The van der Waals surface area contributed by atoms with Crippen molar-refractivity contribution in [2.24, 2.45) is 0 Å². The van der Waals surface area contributed by atoms with Gasteiger partial charge in [0.2, 0.25) is 0 Å². The van der Waals surface area contributed by atoms with Gasteiger partial charge in [0.1, 0.15) is 8.07 Å². The normalized spacial score (nSPS) is 12.2. The number of ketones is 1. The molecule has 0 saturated heterocycles. The molecule has 1 aromatic heterocycles. The van der Waals surface area contributed by atoms with Crippen molar-refractivity contribution in [1.29, 1.82) is 0 Å². The van der Waals surface area contributed by atoms with Crippen LogP contribution in [0.2, 0.25) is 19.6 Å². The van der Waals surface area contributed by atoms with Crippen LogP contribution in [0.1, 0.15) is 83.1 Å². The van der Waals surface area contributed by atoms with Gasteiger partial charge in [-0.15, -0.1) is 0 Å². The summed E-state index contributed by atoms with van der Waals surface area (Å²) in [7, 11) is -1.32. The molecule has 1 aromatic rings. The number of allylic oxidation sites excluding steroid dienone is 2. The lowest BCUT2D eigenvalue weighted by atomic mass is 10.1. The Labute approximate surface area is 162 Å². The van der Waals surface area contributed by atoms with Gasteiger partial charge >= 0.3 is 0 Å². The average Bonchev–Trinajstić information content (AvgIpc) is 3.06. The molecule has 0 unspecified atom stereocenters. The molecule has 0 fully saturated rings. The van der Waals surface area contributed by atoms with Gasteiger partial charge in [-0.25, -0.2) is 0 Å². The standard InChI is InChI=1S/C23H40O2Si/c1-5-6-7-8-9-10-14-17-22(24)18-15-12-11-13-16-21-19-23(25-20-21)26(2,3)4/h15,18-20H,5-14,16-17H2,1-4H3. The Kier molecular flexibility index (Phi) is 11.6. The Balaban J connectivity index is 2.03. The summed E-state index contributed by atoms with van der Waals surface area (Å²) in [5.74, 6) is 0.299. The van der Waals surface area contributed by atoms with Gasteiger partial charge < -0.3 is 4.42 Å². The molecule has 2 nitrogen and oxygen atoms in total. The van der Waals surface area contributed by atoms with Crippen molar-refractivity contribution >= 4 is 19.2 Å². The molecule has 1 heterocycles. The molecule has 0 spiro atoms. The monoisotopic (exact) mass is 376 g/mol. The van der Waals surface area contributed by atoms with Crippen molar-refractivity contribution in [2.45, 2.75) is 104 Å². The van der Waals surface area contributed by atoms with Crippen LogP contribution in [0.3, 0.4) is 0 Å². The third-order valence-electron chi connectivity index (χ3n) is 4.81. The number of aryl methyl sites for hydroxylation is 1. The fourth-order valence-electron chi connectivity index (χ4n) is 3.05. The maximum absolute atomic E-state index is 11.8. The maximum Gasteiger partial charge on any atom is 0.155 e. The van der Waals surface area contributed by atoms with Gasteiger partial charge in [0, 0.05) is 6.42 Å². The van der Waals surface area contributed by atoms with Crippen molar-refractivity contribution in [3.8, 4) is 0 Å². The van der Waals surface area contributed by atoms with E-state index in [4.69, 9.17) is 4.42 Å². The Morgan fingerprint density at radius 3 is 2.35 bits per heavy atom. The van der Waals surface area contributed by atoms with Crippen LogP contribution in [0.5, 0.6) is 0 Å². The van der Waals surface area contributed by atoms with Gasteiger partial charge in [0.15, 0.2) is 5.78 Å². The van der Waals surface area contributed by atoms with Crippen LogP contribution in [-0.4, -0.2) is 13.9 Å². The smallest absolute Gasteiger partial charge is 0.155 e. The lowest BCUT2D eigenvalue weighted by Gasteiger charge is -2.10. The first-order valence-corrected chi connectivity index (χ1v) is 14.2. The molecule has 0 amide bonds. The molecular formula is C23H40O2Si. The first-order valence-electron chi connectivity index (χ1n) is 10.7. The molecule has 3 heteroatoms. The predicted octanol–water partition coefficient (Wildman–Crippen LogP) is 6.80. The first-order chi connectivity index (χ1) is 12.4. The summed E-state index contributed by atoms with van der Waals surface area (Å²) < 4.78 is 5.72. The van der Waals surface area contributed by atoms with Crippen LogP contribution in [0.4, 0.5) is 0 Å². The van der Waals surface area contributed by atoms with Gasteiger partial charge in [-0.05, 0) is 49.8 Å². The molecule has 0 aliphatic rings.